The molecule has 1 aliphatic heterocycles. The van der Waals surface area contributed by atoms with E-state index in [0.717, 1.165) is 23.2 Å². The van der Waals surface area contributed by atoms with Crippen molar-refractivity contribution in [1.29, 1.82) is 0 Å². The van der Waals surface area contributed by atoms with Crippen molar-refractivity contribution in [3.8, 4) is 0 Å². The molecule has 1 aromatic carbocycles. The minimum absolute atomic E-state index is 0.0854. The van der Waals surface area contributed by atoms with Gasteiger partial charge in [0.1, 0.15) is 5.60 Å². The predicted octanol–water partition coefficient (Wildman–Crippen LogP) is 3.96. The maximum Gasteiger partial charge on any atom is 0.415 e. The van der Waals surface area contributed by atoms with Gasteiger partial charge in [-0.05, 0) is 44.4 Å². The third-order valence-corrected chi connectivity index (χ3v) is 3.98. The fraction of sp³-hybridized carbons (Fsp3) is 0.400. The highest BCUT2D eigenvalue weighted by molar-refractivity contribution is 5.91. The average molecular weight is 340 g/mol. The van der Waals surface area contributed by atoms with Crippen molar-refractivity contribution < 1.29 is 14.3 Å². The van der Waals surface area contributed by atoms with E-state index in [4.69, 9.17) is 9.47 Å². The molecule has 0 aliphatic carbocycles. The van der Waals surface area contributed by atoms with Gasteiger partial charge in [-0.15, -0.1) is 0 Å². The summed E-state index contributed by atoms with van der Waals surface area (Å²) >= 11 is 0. The molecule has 1 unspecified atom stereocenters. The largest absolute Gasteiger partial charge is 0.443 e. The van der Waals surface area contributed by atoms with Crippen molar-refractivity contribution in [2.75, 3.05) is 11.5 Å². The van der Waals surface area contributed by atoms with Gasteiger partial charge in [-0.3, -0.25) is 9.88 Å². The first-order valence-corrected chi connectivity index (χ1v) is 8.51. The van der Waals surface area contributed by atoms with E-state index in [9.17, 15) is 4.79 Å². The molecule has 0 fully saturated rings. The quantitative estimate of drug-likeness (QED) is 0.845. The molecule has 0 bridgehead atoms. The zero-order valence-corrected chi connectivity index (χ0v) is 14.9. The normalized spacial score (nSPS) is 16.6. The maximum absolute atomic E-state index is 12.7. The molecule has 0 spiro atoms. The van der Waals surface area contributed by atoms with E-state index in [-0.39, 0.29) is 12.1 Å². The minimum Gasteiger partial charge on any atom is -0.443 e. The first-order chi connectivity index (χ1) is 11.9. The van der Waals surface area contributed by atoms with E-state index < -0.39 is 5.60 Å². The van der Waals surface area contributed by atoms with Gasteiger partial charge in [0.15, 0.2) is 0 Å². The molecule has 1 amide bonds. The van der Waals surface area contributed by atoms with Gasteiger partial charge in [0.2, 0.25) is 0 Å². The summed E-state index contributed by atoms with van der Waals surface area (Å²) < 4.78 is 11.5. The summed E-state index contributed by atoms with van der Waals surface area (Å²) in [4.78, 5) is 18.5. The molecule has 5 nitrogen and oxygen atoms in total. The number of hydrogen-bond donors (Lipinski definition) is 0. The van der Waals surface area contributed by atoms with Gasteiger partial charge in [-0.25, -0.2) is 4.79 Å². The summed E-state index contributed by atoms with van der Waals surface area (Å²) in [6.45, 7) is 6.57. The lowest BCUT2D eigenvalue weighted by Gasteiger charge is -2.29. The van der Waals surface area contributed by atoms with E-state index in [1.165, 1.54) is 0 Å². The number of carbonyl (C=O) groups excluding carboxylic acids is 1. The number of ether oxygens (including phenoxy) is 2. The molecule has 1 aliphatic rings. The van der Waals surface area contributed by atoms with Gasteiger partial charge in [0.05, 0.1) is 31.1 Å². The Morgan fingerprint density at radius 3 is 2.72 bits per heavy atom. The standard InChI is InChI=1S/C20H24N2O3/c1-20(2,3)25-19(23)22-17(11-16-9-10-21-12-18(16)22)14-24-13-15-7-5-4-6-8-15/h4-10,12,17H,11,13-14H2,1-3H3. The van der Waals surface area contributed by atoms with Crippen LogP contribution in [0, 0.1) is 0 Å². The molecular weight excluding hydrogens is 316 g/mol. The van der Waals surface area contributed by atoms with Crippen LogP contribution in [-0.2, 0) is 22.5 Å². The van der Waals surface area contributed by atoms with Crippen molar-refractivity contribution in [3.63, 3.8) is 0 Å². The van der Waals surface area contributed by atoms with Crippen molar-refractivity contribution in [2.45, 2.75) is 45.4 Å². The van der Waals surface area contributed by atoms with Crippen molar-refractivity contribution in [1.82, 2.24) is 4.98 Å². The Morgan fingerprint density at radius 2 is 2.00 bits per heavy atom. The number of aromatic nitrogens is 1. The van der Waals surface area contributed by atoms with E-state index in [0.29, 0.717) is 13.2 Å². The van der Waals surface area contributed by atoms with Crippen LogP contribution >= 0.6 is 0 Å². The smallest absolute Gasteiger partial charge is 0.415 e. The number of pyridine rings is 1. The Labute approximate surface area is 148 Å². The summed E-state index contributed by atoms with van der Waals surface area (Å²) in [7, 11) is 0. The summed E-state index contributed by atoms with van der Waals surface area (Å²) in [6, 6.07) is 11.9. The van der Waals surface area contributed by atoms with E-state index in [1.54, 1.807) is 17.3 Å². The van der Waals surface area contributed by atoms with Crippen molar-refractivity contribution in [3.05, 3.63) is 59.9 Å². The highest BCUT2D eigenvalue weighted by Crippen LogP contribution is 2.32. The maximum atomic E-state index is 12.7. The van der Waals surface area contributed by atoms with Crippen molar-refractivity contribution in [2.24, 2.45) is 0 Å². The van der Waals surface area contributed by atoms with Crippen LogP contribution < -0.4 is 4.90 Å². The topological polar surface area (TPSA) is 51.7 Å². The highest BCUT2D eigenvalue weighted by atomic mass is 16.6. The highest BCUT2D eigenvalue weighted by Gasteiger charge is 2.36. The Morgan fingerprint density at radius 1 is 1.24 bits per heavy atom. The van der Waals surface area contributed by atoms with Crippen LogP contribution in [0.4, 0.5) is 10.5 Å². The number of nitrogens with zero attached hydrogens (tertiary/aromatic N) is 2. The number of amides is 1. The minimum atomic E-state index is -0.544. The monoisotopic (exact) mass is 340 g/mol. The second-order valence-electron chi connectivity index (χ2n) is 7.21. The Bertz CT molecular complexity index is 725. The summed E-state index contributed by atoms with van der Waals surface area (Å²) in [6.07, 6.45) is 3.86. The van der Waals surface area contributed by atoms with Gasteiger partial charge in [-0.2, -0.15) is 0 Å². The number of anilines is 1. The predicted molar refractivity (Wildman–Crippen MR) is 96.5 cm³/mol. The molecule has 1 aromatic heterocycles. The van der Waals surface area contributed by atoms with Gasteiger partial charge in [0, 0.05) is 6.20 Å². The summed E-state index contributed by atoms with van der Waals surface area (Å²) in [5.74, 6) is 0. The summed E-state index contributed by atoms with van der Waals surface area (Å²) in [5, 5.41) is 0. The zero-order chi connectivity index (χ0) is 17.9. The van der Waals surface area contributed by atoms with E-state index in [1.807, 2.05) is 57.2 Å². The molecule has 2 heterocycles. The number of hydrogen-bond acceptors (Lipinski definition) is 4. The van der Waals surface area contributed by atoms with Crippen LogP contribution in [0.3, 0.4) is 0 Å². The molecule has 3 rings (SSSR count). The molecule has 1 atom stereocenters. The number of carbonyl (C=O) groups is 1. The molecular formula is C20H24N2O3. The fourth-order valence-corrected chi connectivity index (χ4v) is 2.93. The van der Waals surface area contributed by atoms with Gasteiger partial charge >= 0.3 is 6.09 Å². The first kappa shape index (κ1) is 17.4. The van der Waals surface area contributed by atoms with Gasteiger partial charge < -0.3 is 9.47 Å². The second kappa shape index (κ2) is 7.23. The van der Waals surface area contributed by atoms with E-state index >= 15 is 0 Å². The van der Waals surface area contributed by atoms with Gasteiger partial charge in [-0.1, -0.05) is 30.3 Å². The number of benzene rings is 1. The molecule has 0 saturated carbocycles. The molecule has 0 N–H and O–H groups in total. The van der Waals surface area contributed by atoms with Gasteiger partial charge in [0.25, 0.3) is 0 Å². The molecule has 25 heavy (non-hydrogen) atoms. The molecule has 5 heteroatoms. The fourth-order valence-electron chi connectivity index (χ4n) is 2.93. The van der Waals surface area contributed by atoms with Crippen molar-refractivity contribution >= 4 is 11.8 Å². The van der Waals surface area contributed by atoms with Crippen LogP contribution in [-0.4, -0.2) is 29.3 Å². The Kier molecular flexibility index (Phi) is 5.04. The SMILES string of the molecule is CC(C)(C)OC(=O)N1c2cnccc2CC1COCc1ccccc1. The van der Waals surface area contributed by atoms with Crippen LogP contribution in [0.2, 0.25) is 0 Å². The number of fused-ring (bicyclic) bond motifs is 1. The average Bonchev–Trinajstić information content (AvgIpc) is 2.92. The third kappa shape index (κ3) is 4.37. The molecule has 2 aromatic rings. The summed E-state index contributed by atoms with van der Waals surface area (Å²) in [5.41, 5.74) is 2.47. The molecule has 0 saturated heterocycles. The number of rotatable bonds is 4. The van der Waals surface area contributed by atoms with E-state index in [2.05, 4.69) is 4.98 Å². The lowest BCUT2D eigenvalue weighted by atomic mass is 10.1. The molecule has 132 valence electrons. The Hall–Kier alpha value is -2.40. The zero-order valence-electron chi connectivity index (χ0n) is 14.9. The van der Waals surface area contributed by atoms with Crippen LogP contribution in [0.15, 0.2) is 48.8 Å². The lowest BCUT2D eigenvalue weighted by Crippen LogP contribution is -2.43. The lowest BCUT2D eigenvalue weighted by molar-refractivity contribution is 0.0522. The first-order valence-electron chi connectivity index (χ1n) is 8.51. The second-order valence-corrected chi connectivity index (χ2v) is 7.21. The molecule has 0 radical (unpaired) electrons. The Balaban J connectivity index is 1.70. The van der Waals surface area contributed by atoms with Crippen LogP contribution in [0.25, 0.3) is 0 Å². The van der Waals surface area contributed by atoms with Crippen LogP contribution in [0.5, 0.6) is 0 Å². The third-order valence-electron chi connectivity index (χ3n) is 3.98. The van der Waals surface area contributed by atoms with Crippen LogP contribution in [0.1, 0.15) is 31.9 Å².